The monoisotopic (exact) mass is 420 g/mol. The van der Waals surface area contributed by atoms with E-state index in [2.05, 4.69) is 32.2 Å². The van der Waals surface area contributed by atoms with Gasteiger partial charge >= 0.3 is 0 Å². The summed E-state index contributed by atoms with van der Waals surface area (Å²) >= 11 is 0. The van der Waals surface area contributed by atoms with Gasteiger partial charge in [-0.05, 0) is 37.3 Å². The number of hydrogen-bond donors (Lipinski definition) is 1. The molecule has 3 aromatic rings. The molecule has 1 aliphatic rings. The van der Waals surface area contributed by atoms with Gasteiger partial charge in [-0.2, -0.15) is 0 Å². The van der Waals surface area contributed by atoms with Crippen LogP contribution in [0.2, 0.25) is 0 Å². The fraction of sp³-hybridized carbons (Fsp3) is 0.333. The SMILES string of the molecule is COc1ccc(N(C)c2cc(C)nc3ccccc23)cc1NC(=O)CN1CCOCC1. The number of rotatable bonds is 6. The molecule has 0 atom stereocenters. The van der Waals surface area contributed by atoms with E-state index >= 15 is 0 Å². The average Bonchev–Trinajstić information content (AvgIpc) is 2.78. The quantitative estimate of drug-likeness (QED) is 0.657. The van der Waals surface area contributed by atoms with E-state index in [1.54, 1.807) is 7.11 Å². The maximum absolute atomic E-state index is 12.6. The number of nitrogens with zero attached hydrogens (tertiary/aromatic N) is 3. The van der Waals surface area contributed by atoms with Crippen LogP contribution in [0.4, 0.5) is 17.1 Å². The summed E-state index contributed by atoms with van der Waals surface area (Å²) in [5.74, 6) is 0.563. The normalized spacial score (nSPS) is 14.4. The number of pyridine rings is 1. The molecule has 2 heterocycles. The molecule has 1 aliphatic heterocycles. The van der Waals surface area contributed by atoms with Gasteiger partial charge in [0.25, 0.3) is 0 Å². The smallest absolute Gasteiger partial charge is 0.238 e. The number of methoxy groups -OCH3 is 1. The number of ether oxygens (including phenoxy) is 2. The molecular weight excluding hydrogens is 392 g/mol. The molecule has 2 aromatic carbocycles. The molecule has 1 fully saturated rings. The van der Waals surface area contributed by atoms with Gasteiger partial charge in [0, 0.05) is 36.9 Å². The van der Waals surface area contributed by atoms with Crippen LogP contribution in [0.5, 0.6) is 5.75 Å². The van der Waals surface area contributed by atoms with E-state index in [0.717, 1.165) is 41.1 Å². The lowest BCUT2D eigenvalue weighted by Gasteiger charge is -2.26. The highest BCUT2D eigenvalue weighted by Gasteiger charge is 2.17. The van der Waals surface area contributed by atoms with Crippen molar-refractivity contribution < 1.29 is 14.3 Å². The summed E-state index contributed by atoms with van der Waals surface area (Å²) in [5, 5.41) is 4.09. The van der Waals surface area contributed by atoms with Crippen LogP contribution in [0, 0.1) is 6.92 Å². The van der Waals surface area contributed by atoms with Crippen molar-refractivity contribution in [3.05, 3.63) is 54.2 Å². The molecule has 1 saturated heterocycles. The molecule has 162 valence electrons. The highest BCUT2D eigenvalue weighted by atomic mass is 16.5. The van der Waals surface area contributed by atoms with Gasteiger partial charge in [-0.3, -0.25) is 14.7 Å². The van der Waals surface area contributed by atoms with Crippen molar-refractivity contribution in [1.82, 2.24) is 9.88 Å². The van der Waals surface area contributed by atoms with Crippen molar-refractivity contribution in [1.29, 1.82) is 0 Å². The van der Waals surface area contributed by atoms with E-state index in [9.17, 15) is 4.79 Å². The minimum Gasteiger partial charge on any atom is -0.495 e. The zero-order valence-corrected chi connectivity index (χ0v) is 18.2. The van der Waals surface area contributed by atoms with Crippen molar-refractivity contribution in [2.24, 2.45) is 0 Å². The van der Waals surface area contributed by atoms with Crippen molar-refractivity contribution in [2.45, 2.75) is 6.92 Å². The van der Waals surface area contributed by atoms with E-state index in [-0.39, 0.29) is 5.91 Å². The number of morpholine rings is 1. The molecule has 31 heavy (non-hydrogen) atoms. The topological polar surface area (TPSA) is 66.9 Å². The summed E-state index contributed by atoms with van der Waals surface area (Å²) in [5.41, 5.74) is 4.56. The predicted octanol–water partition coefficient (Wildman–Crippen LogP) is 3.59. The van der Waals surface area contributed by atoms with Gasteiger partial charge in [-0.1, -0.05) is 18.2 Å². The minimum atomic E-state index is -0.0646. The lowest BCUT2D eigenvalue weighted by molar-refractivity contribution is -0.118. The summed E-state index contributed by atoms with van der Waals surface area (Å²) in [6.45, 7) is 5.19. The van der Waals surface area contributed by atoms with Gasteiger partial charge in [0.15, 0.2) is 0 Å². The number of fused-ring (bicyclic) bond motifs is 1. The number of carbonyl (C=O) groups is 1. The Kier molecular flexibility index (Phi) is 6.34. The Bertz CT molecular complexity index is 1080. The number of benzene rings is 2. The number of hydrogen-bond acceptors (Lipinski definition) is 6. The number of aryl methyl sites for hydroxylation is 1. The van der Waals surface area contributed by atoms with Gasteiger partial charge in [0.05, 0.1) is 43.8 Å². The van der Waals surface area contributed by atoms with Gasteiger partial charge in [0.2, 0.25) is 5.91 Å². The number of aromatic nitrogens is 1. The standard InChI is InChI=1S/C24H28N4O3/c1-17-14-22(19-6-4-5-7-20(19)25-17)27(2)18-8-9-23(30-3)21(15-18)26-24(29)16-28-10-12-31-13-11-28/h4-9,14-15H,10-13,16H2,1-3H3,(H,26,29). The molecule has 7 nitrogen and oxygen atoms in total. The first-order valence-corrected chi connectivity index (χ1v) is 10.4. The summed E-state index contributed by atoms with van der Waals surface area (Å²) < 4.78 is 10.8. The lowest BCUT2D eigenvalue weighted by atomic mass is 10.1. The third-order valence-corrected chi connectivity index (χ3v) is 5.50. The number of carbonyl (C=O) groups excluding carboxylic acids is 1. The van der Waals surface area contributed by atoms with Crippen molar-refractivity contribution in [2.75, 3.05) is 57.2 Å². The Morgan fingerprint density at radius 3 is 2.74 bits per heavy atom. The molecule has 4 rings (SSSR count). The Morgan fingerprint density at radius 2 is 1.97 bits per heavy atom. The molecule has 1 N–H and O–H groups in total. The van der Waals surface area contributed by atoms with Crippen LogP contribution < -0.4 is 15.0 Å². The largest absolute Gasteiger partial charge is 0.495 e. The molecule has 0 radical (unpaired) electrons. The molecule has 7 heteroatoms. The molecular formula is C24H28N4O3. The summed E-state index contributed by atoms with van der Waals surface area (Å²) in [6.07, 6.45) is 0. The zero-order chi connectivity index (χ0) is 21.8. The Labute approximate surface area is 182 Å². The van der Waals surface area contributed by atoms with Crippen molar-refractivity contribution >= 4 is 33.9 Å². The molecule has 0 saturated carbocycles. The highest BCUT2D eigenvalue weighted by Crippen LogP contribution is 2.35. The van der Waals surface area contributed by atoms with Gasteiger partial charge in [-0.25, -0.2) is 0 Å². The number of nitrogens with one attached hydrogen (secondary N) is 1. The third kappa shape index (κ3) is 4.78. The van der Waals surface area contributed by atoms with Crippen LogP contribution in [0.15, 0.2) is 48.5 Å². The van der Waals surface area contributed by atoms with Crippen molar-refractivity contribution in [3.63, 3.8) is 0 Å². The number of anilines is 3. The van der Waals surface area contributed by atoms with E-state index in [1.807, 2.05) is 50.4 Å². The first-order chi connectivity index (χ1) is 15.0. The molecule has 0 aliphatic carbocycles. The van der Waals surface area contributed by atoms with Crippen LogP contribution in [-0.2, 0) is 9.53 Å². The molecule has 1 amide bonds. The summed E-state index contributed by atoms with van der Waals surface area (Å²) in [6, 6.07) is 16.0. The second-order valence-corrected chi connectivity index (χ2v) is 7.68. The molecule has 0 bridgehead atoms. The van der Waals surface area contributed by atoms with Crippen LogP contribution in [0.1, 0.15) is 5.69 Å². The Morgan fingerprint density at radius 1 is 1.19 bits per heavy atom. The number of amides is 1. The van der Waals surface area contributed by atoms with Crippen LogP contribution in [0.3, 0.4) is 0 Å². The molecule has 0 unspecified atom stereocenters. The maximum atomic E-state index is 12.6. The van der Waals surface area contributed by atoms with E-state index in [0.29, 0.717) is 31.2 Å². The van der Waals surface area contributed by atoms with E-state index < -0.39 is 0 Å². The summed E-state index contributed by atoms with van der Waals surface area (Å²) in [4.78, 5) is 21.5. The molecule has 1 aromatic heterocycles. The summed E-state index contributed by atoms with van der Waals surface area (Å²) in [7, 11) is 3.62. The zero-order valence-electron chi connectivity index (χ0n) is 18.2. The van der Waals surface area contributed by atoms with Crippen molar-refractivity contribution in [3.8, 4) is 5.75 Å². The van der Waals surface area contributed by atoms with Crippen LogP contribution in [0.25, 0.3) is 10.9 Å². The van der Waals surface area contributed by atoms with E-state index in [4.69, 9.17) is 9.47 Å². The second-order valence-electron chi connectivity index (χ2n) is 7.68. The molecule has 0 spiro atoms. The average molecular weight is 421 g/mol. The fourth-order valence-electron chi connectivity index (χ4n) is 3.86. The fourth-order valence-corrected chi connectivity index (χ4v) is 3.86. The Hall–Kier alpha value is -3.16. The highest BCUT2D eigenvalue weighted by molar-refractivity contribution is 5.96. The first-order valence-electron chi connectivity index (χ1n) is 10.4. The third-order valence-electron chi connectivity index (χ3n) is 5.50. The first kappa shape index (κ1) is 21.1. The van der Waals surface area contributed by atoms with E-state index in [1.165, 1.54) is 0 Å². The van der Waals surface area contributed by atoms with Gasteiger partial charge in [0.1, 0.15) is 5.75 Å². The van der Waals surface area contributed by atoms with Crippen LogP contribution in [-0.4, -0.2) is 62.8 Å². The Balaban J connectivity index is 1.60. The predicted molar refractivity (Wildman–Crippen MR) is 123 cm³/mol. The maximum Gasteiger partial charge on any atom is 0.238 e. The minimum absolute atomic E-state index is 0.0646. The second kappa shape index (κ2) is 9.32. The van der Waals surface area contributed by atoms with Crippen LogP contribution >= 0.6 is 0 Å². The van der Waals surface area contributed by atoms with Gasteiger partial charge in [-0.15, -0.1) is 0 Å². The lowest BCUT2D eigenvalue weighted by Crippen LogP contribution is -2.41. The number of para-hydroxylation sites is 1. The van der Waals surface area contributed by atoms with Gasteiger partial charge < -0.3 is 19.7 Å².